The lowest BCUT2D eigenvalue weighted by Crippen LogP contribution is -2.47. The average molecular weight is 217 g/mol. The zero-order valence-corrected chi connectivity index (χ0v) is 9.32. The van der Waals surface area contributed by atoms with Crippen molar-refractivity contribution in [3.05, 3.63) is 29.8 Å². The number of rotatable bonds is 1. The van der Waals surface area contributed by atoms with E-state index in [4.69, 9.17) is 4.74 Å². The van der Waals surface area contributed by atoms with Crippen LogP contribution >= 0.6 is 0 Å². The molecule has 1 atom stereocenters. The third kappa shape index (κ3) is 1.35. The topological polar surface area (TPSA) is 38.3 Å². The standard InChI is InChI=1S/C13H15NO2/c1-13(7-16-8-13)10-6-12(15)14-11-5-3-2-4-9(10)11/h2-5,10H,6-8H2,1H3,(H,14,15)/t10-/m0/s1. The quantitative estimate of drug-likeness (QED) is 0.782. The van der Waals surface area contributed by atoms with Crippen LogP contribution in [0.3, 0.4) is 0 Å². The van der Waals surface area contributed by atoms with Gasteiger partial charge in [-0.05, 0) is 11.6 Å². The molecule has 1 aromatic carbocycles. The van der Waals surface area contributed by atoms with Crippen molar-refractivity contribution in [2.75, 3.05) is 18.5 Å². The van der Waals surface area contributed by atoms with Crippen LogP contribution in [0.1, 0.15) is 24.8 Å². The normalized spacial score (nSPS) is 26.6. The Balaban J connectivity index is 2.03. The number of amides is 1. The van der Waals surface area contributed by atoms with E-state index < -0.39 is 0 Å². The van der Waals surface area contributed by atoms with E-state index in [-0.39, 0.29) is 11.3 Å². The molecule has 0 aliphatic carbocycles. The summed E-state index contributed by atoms with van der Waals surface area (Å²) in [4.78, 5) is 11.7. The molecule has 0 bridgehead atoms. The minimum Gasteiger partial charge on any atom is -0.380 e. The van der Waals surface area contributed by atoms with E-state index >= 15 is 0 Å². The fourth-order valence-corrected chi connectivity index (χ4v) is 2.66. The molecule has 1 saturated heterocycles. The van der Waals surface area contributed by atoms with Crippen LogP contribution in [0, 0.1) is 5.41 Å². The molecule has 3 heteroatoms. The van der Waals surface area contributed by atoms with Gasteiger partial charge in [-0.1, -0.05) is 25.1 Å². The summed E-state index contributed by atoms with van der Waals surface area (Å²) < 4.78 is 5.31. The molecule has 0 aromatic heterocycles. The second-order valence-electron chi connectivity index (χ2n) is 5.04. The van der Waals surface area contributed by atoms with Gasteiger partial charge in [0.25, 0.3) is 0 Å². The highest BCUT2D eigenvalue weighted by Crippen LogP contribution is 2.47. The molecule has 16 heavy (non-hydrogen) atoms. The Labute approximate surface area is 94.8 Å². The molecule has 0 radical (unpaired) electrons. The molecule has 1 amide bonds. The smallest absolute Gasteiger partial charge is 0.225 e. The lowest BCUT2D eigenvalue weighted by atomic mass is 9.69. The Hall–Kier alpha value is -1.35. The Morgan fingerprint density at radius 2 is 2.12 bits per heavy atom. The van der Waals surface area contributed by atoms with Crippen molar-refractivity contribution in [1.82, 2.24) is 0 Å². The number of fused-ring (bicyclic) bond motifs is 1. The zero-order valence-electron chi connectivity index (χ0n) is 9.32. The first-order chi connectivity index (χ1) is 7.69. The van der Waals surface area contributed by atoms with E-state index in [1.807, 2.05) is 18.2 Å². The first kappa shape index (κ1) is 9.85. The number of carbonyl (C=O) groups is 1. The van der Waals surface area contributed by atoms with Crippen LogP contribution in [-0.4, -0.2) is 19.1 Å². The fourth-order valence-electron chi connectivity index (χ4n) is 2.66. The Morgan fingerprint density at radius 3 is 2.81 bits per heavy atom. The maximum absolute atomic E-state index is 11.7. The van der Waals surface area contributed by atoms with Gasteiger partial charge in [0.1, 0.15) is 0 Å². The molecule has 1 aromatic rings. The van der Waals surface area contributed by atoms with Crippen molar-refractivity contribution in [3.8, 4) is 0 Å². The van der Waals surface area contributed by atoms with Crippen LogP contribution in [0.25, 0.3) is 0 Å². The van der Waals surface area contributed by atoms with Gasteiger partial charge in [0.2, 0.25) is 5.91 Å². The van der Waals surface area contributed by atoms with E-state index in [1.165, 1.54) is 5.56 Å². The minimum atomic E-state index is 0.122. The van der Waals surface area contributed by atoms with Crippen LogP contribution in [0.2, 0.25) is 0 Å². The molecule has 3 rings (SSSR count). The molecule has 84 valence electrons. The molecule has 1 N–H and O–H groups in total. The van der Waals surface area contributed by atoms with E-state index in [0.29, 0.717) is 12.3 Å². The first-order valence-electron chi connectivity index (χ1n) is 5.66. The van der Waals surface area contributed by atoms with Crippen molar-refractivity contribution in [2.24, 2.45) is 5.41 Å². The number of benzene rings is 1. The second kappa shape index (κ2) is 3.32. The van der Waals surface area contributed by atoms with Gasteiger partial charge in [-0.2, -0.15) is 0 Å². The Morgan fingerprint density at radius 1 is 1.38 bits per heavy atom. The summed E-state index contributed by atoms with van der Waals surface area (Å²) in [7, 11) is 0. The number of nitrogens with one attached hydrogen (secondary N) is 1. The van der Waals surface area contributed by atoms with Crippen LogP contribution in [0.15, 0.2) is 24.3 Å². The summed E-state index contributed by atoms with van der Waals surface area (Å²) in [6.07, 6.45) is 0.580. The maximum atomic E-state index is 11.7. The van der Waals surface area contributed by atoms with Gasteiger partial charge in [0.15, 0.2) is 0 Å². The number of hydrogen-bond donors (Lipinski definition) is 1. The summed E-state index contributed by atoms with van der Waals surface area (Å²) in [6.45, 7) is 3.73. The van der Waals surface area contributed by atoms with Gasteiger partial charge in [0.05, 0.1) is 13.2 Å². The molecular weight excluding hydrogens is 202 g/mol. The van der Waals surface area contributed by atoms with E-state index in [2.05, 4.69) is 18.3 Å². The highest BCUT2D eigenvalue weighted by atomic mass is 16.5. The summed E-state index contributed by atoms with van der Waals surface area (Å²) in [5.41, 5.74) is 2.36. The van der Waals surface area contributed by atoms with Crippen molar-refractivity contribution >= 4 is 11.6 Å². The monoisotopic (exact) mass is 217 g/mol. The molecule has 0 saturated carbocycles. The van der Waals surface area contributed by atoms with Gasteiger partial charge in [-0.25, -0.2) is 0 Å². The average Bonchev–Trinajstić information content (AvgIpc) is 2.24. The van der Waals surface area contributed by atoms with Crippen LogP contribution in [-0.2, 0) is 9.53 Å². The molecule has 2 heterocycles. The van der Waals surface area contributed by atoms with Crippen LogP contribution < -0.4 is 5.32 Å². The van der Waals surface area contributed by atoms with Gasteiger partial charge in [0, 0.05) is 23.4 Å². The fraction of sp³-hybridized carbons (Fsp3) is 0.462. The molecule has 0 unspecified atom stereocenters. The SMILES string of the molecule is CC1([C@H]2CC(=O)Nc3ccccc32)COC1. The molecule has 0 spiro atoms. The number of ether oxygens (including phenoxy) is 1. The summed E-state index contributed by atoms with van der Waals surface area (Å²) in [6, 6.07) is 8.08. The molecule has 1 fully saturated rings. The summed E-state index contributed by atoms with van der Waals surface area (Å²) >= 11 is 0. The van der Waals surface area contributed by atoms with Gasteiger partial charge in [-0.15, -0.1) is 0 Å². The Bertz CT molecular complexity index is 437. The van der Waals surface area contributed by atoms with Gasteiger partial charge in [-0.3, -0.25) is 4.79 Å². The first-order valence-corrected chi connectivity index (χ1v) is 5.66. The van der Waals surface area contributed by atoms with E-state index in [0.717, 1.165) is 18.9 Å². The summed E-state index contributed by atoms with van der Waals surface area (Å²) in [5.74, 6) is 0.419. The van der Waals surface area contributed by atoms with Gasteiger partial charge < -0.3 is 10.1 Å². The lowest BCUT2D eigenvalue weighted by molar-refractivity contribution is -0.130. The number of para-hydroxylation sites is 1. The highest BCUT2D eigenvalue weighted by Gasteiger charge is 2.45. The van der Waals surface area contributed by atoms with E-state index in [9.17, 15) is 4.79 Å². The largest absolute Gasteiger partial charge is 0.380 e. The lowest BCUT2D eigenvalue weighted by Gasteiger charge is -2.46. The maximum Gasteiger partial charge on any atom is 0.225 e. The number of anilines is 1. The number of carbonyl (C=O) groups excluding carboxylic acids is 1. The van der Waals surface area contributed by atoms with Crippen molar-refractivity contribution < 1.29 is 9.53 Å². The highest BCUT2D eigenvalue weighted by molar-refractivity contribution is 5.94. The number of hydrogen-bond acceptors (Lipinski definition) is 2. The zero-order chi connectivity index (χ0) is 11.2. The van der Waals surface area contributed by atoms with Crippen molar-refractivity contribution in [3.63, 3.8) is 0 Å². The molecule has 3 nitrogen and oxygen atoms in total. The van der Waals surface area contributed by atoms with E-state index in [1.54, 1.807) is 0 Å². The third-order valence-electron chi connectivity index (χ3n) is 3.70. The predicted octanol–water partition coefficient (Wildman–Crippen LogP) is 2.15. The molecule has 2 aliphatic rings. The van der Waals surface area contributed by atoms with Crippen LogP contribution in [0.4, 0.5) is 5.69 Å². The molecular formula is C13H15NO2. The van der Waals surface area contributed by atoms with Gasteiger partial charge >= 0.3 is 0 Å². The minimum absolute atomic E-state index is 0.122. The van der Waals surface area contributed by atoms with Crippen molar-refractivity contribution in [1.29, 1.82) is 0 Å². The second-order valence-corrected chi connectivity index (χ2v) is 5.04. The predicted molar refractivity (Wildman–Crippen MR) is 61.4 cm³/mol. The van der Waals surface area contributed by atoms with Crippen LogP contribution in [0.5, 0.6) is 0 Å². The third-order valence-corrected chi connectivity index (χ3v) is 3.70. The Kier molecular flexibility index (Phi) is 2.04. The van der Waals surface area contributed by atoms with Crippen molar-refractivity contribution in [2.45, 2.75) is 19.3 Å². The molecule has 2 aliphatic heterocycles. The summed E-state index contributed by atoms with van der Waals surface area (Å²) in [5, 5.41) is 2.93.